The Hall–Kier alpha value is -3.45. The third-order valence-electron chi connectivity index (χ3n) is 5.07. The molecule has 0 aliphatic heterocycles. The molecule has 0 spiro atoms. The van der Waals surface area contributed by atoms with Gasteiger partial charge in [-0.05, 0) is 41.7 Å². The number of hydrogen-bond acceptors (Lipinski definition) is 5. The molecule has 2 atom stereocenters. The Labute approximate surface area is 188 Å². The van der Waals surface area contributed by atoms with Crippen LogP contribution in [0.25, 0.3) is 0 Å². The molecule has 1 amide bonds. The van der Waals surface area contributed by atoms with Crippen molar-refractivity contribution in [3.05, 3.63) is 83.7 Å². The monoisotopic (exact) mass is 434 g/mol. The van der Waals surface area contributed by atoms with E-state index in [1.54, 1.807) is 6.07 Å². The molecule has 32 heavy (non-hydrogen) atoms. The van der Waals surface area contributed by atoms with Crippen molar-refractivity contribution in [2.24, 2.45) is 11.7 Å². The van der Waals surface area contributed by atoms with Crippen LogP contribution in [0.15, 0.2) is 66.9 Å². The van der Waals surface area contributed by atoms with Gasteiger partial charge in [-0.1, -0.05) is 56.3 Å². The first kappa shape index (κ1) is 23.2. The number of hydrogen-bond donors (Lipinski definition) is 3. The lowest BCUT2D eigenvalue weighted by molar-refractivity contribution is -0.123. The number of ether oxygens (including phenoxy) is 1. The normalized spacial score (nSPS) is 12.9. The summed E-state index contributed by atoms with van der Waals surface area (Å²) in [5.41, 5.74) is 8.34. The molecule has 0 radical (unpaired) electrons. The number of nitrogens with two attached hydrogens (primary N) is 1. The average molecular weight is 435 g/mol. The Morgan fingerprint density at radius 3 is 2.38 bits per heavy atom. The first-order chi connectivity index (χ1) is 15.4. The summed E-state index contributed by atoms with van der Waals surface area (Å²) < 4.78 is 5.82. The molecule has 0 bridgehead atoms. The molecule has 7 heteroatoms. The van der Waals surface area contributed by atoms with Crippen LogP contribution in [0, 0.1) is 5.92 Å². The van der Waals surface area contributed by atoms with E-state index >= 15 is 0 Å². The smallest absolute Gasteiger partial charge is 0.237 e. The molecule has 3 rings (SSSR count). The Morgan fingerprint density at radius 1 is 1.03 bits per heavy atom. The molecule has 0 aliphatic rings. The van der Waals surface area contributed by atoms with E-state index in [-0.39, 0.29) is 17.6 Å². The number of Topliss-reactive ketones (excluding diaryl/α,β-unsaturated/α-hetero) is 1. The zero-order valence-electron chi connectivity index (χ0n) is 18.5. The van der Waals surface area contributed by atoms with Gasteiger partial charge in [-0.25, -0.2) is 0 Å². The number of aromatic nitrogens is 2. The minimum absolute atomic E-state index is 0.239. The minimum atomic E-state index is -0.753. The quantitative estimate of drug-likeness (QED) is 0.401. The molecule has 2 aromatic carbocycles. The second kappa shape index (κ2) is 11.2. The number of amides is 1. The summed E-state index contributed by atoms with van der Waals surface area (Å²) in [5, 5.41) is 9.35. The molecule has 0 fully saturated rings. The predicted molar refractivity (Wildman–Crippen MR) is 123 cm³/mol. The Bertz CT molecular complexity index is 986. The maximum atomic E-state index is 13.0. The van der Waals surface area contributed by atoms with Crippen LogP contribution in [-0.4, -0.2) is 34.0 Å². The highest BCUT2D eigenvalue weighted by molar-refractivity contribution is 6.01. The first-order valence-electron chi connectivity index (χ1n) is 10.8. The van der Waals surface area contributed by atoms with Crippen molar-refractivity contribution in [3.8, 4) is 5.75 Å². The molecule has 168 valence electrons. The van der Waals surface area contributed by atoms with Gasteiger partial charge in [0.25, 0.3) is 0 Å². The van der Waals surface area contributed by atoms with Crippen molar-refractivity contribution in [3.63, 3.8) is 0 Å². The van der Waals surface area contributed by atoms with Gasteiger partial charge in [0.05, 0.1) is 12.1 Å². The molecular weight excluding hydrogens is 404 g/mol. The van der Waals surface area contributed by atoms with E-state index < -0.39 is 12.1 Å². The van der Waals surface area contributed by atoms with E-state index in [9.17, 15) is 9.59 Å². The van der Waals surface area contributed by atoms with Crippen LogP contribution in [0.2, 0.25) is 0 Å². The van der Waals surface area contributed by atoms with Crippen LogP contribution in [-0.2, 0) is 17.8 Å². The van der Waals surface area contributed by atoms with Gasteiger partial charge in [-0.15, -0.1) is 0 Å². The van der Waals surface area contributed by atoms with Crippen LogP contribution in [0.3, 0.4) is 0 Å². The lowest BCUT2D eigenvalue weighted by Gasteiger charge is -2.21. The molecule has 1 heterocycles. The summed E-state index contributed by atoms with van der Waals surface area (Å²) in [5.74, 6) is 0.439. The van der Waals surface area contributed by atoms with E-state index in [2.05, 4.69) is 15.5 Å². The zero-order valence-corrected chi connectivity index (χ0v) is 18.5. The number of benzene rings is 2. The van der Waals surface area contributed by atoms with Crippen molar-refractivity contribution >= 4 is 11.7 Å². The largest absolute Gasteiger partial charge is 0.489 e. The lowest BCUT2D eigenvalue weighted by Crippen LogP contribution is -2.49. The van der Waals surface area contributed by atoms with Gasteiger partial charge < -0.3 is 15.8 Å². The van der Waals surface area contributed by atoms with Crippen LogP contribution in [0.4, 0.5) is 0 Å². The standard InChI is InChI=1S/C25H30N4O3/c1-17(2)14-21(26)25(31)28-23(24(30)22-12-13-27-29-22)15-18-8-10-20(11-9-18)32-16-19-6-4-3-5-7-19/h3-13,17,21,23H,14-16,26H2,1-2H3,(H,27,29)(H,28,31). The highest BCUT2D eigenvalue weighted by Crippen LogP contribution is 2.16. The summed E-state index contributed by atoms with van der Waals surface area (Å²) in [4.78, 5) is 25.6. The number of aromatic amines is 1. The Morgan fingerprint density at radius 2 is 1.75 bits per heavy atom. The molecule has 7 nitrogen and oxygen atoms in total. The minimum Gasteiger partial charge on any atom is -0.489 e. The maximum Gasteiger partial charge on any atom is 0.237 e. The van der Waals surface area contributed by atoms with E-state index in [1.807, 2.05) is 68.4 Å². The predicted octanol–water partition coefficient (Wildman–Crippen LogP) is 3.27. The van der Waals surface area contributed by atoms with Gasteiger partial charge >= 0.3 is 0 Å². The van der Waals surface area contributed by atoms with Crippen LogP contribution in [0.5, 0.6) is 5.75 Å². The fourth-order valence-electron chi connectivity index (χ4n) is 3.38. The average Bonchev–Trinajstić information content (AvgIpc) is 3.33. The summed E-state index contributed by atoms with van der Waals surface area (Å²) in [6.45, 7) is 4.48. The van der Waals surface area contributed by atoms with Gasteiger partial charge in [0, 0.05) is 12.6 Å². The van der Waals surface area contributed by atoms with Crippen molar-refractivity contribution in [1.82, 2.24) is 15.5 Å². The molecule has 0 saturated heterocycles. The van der Waals surface area contributed by atoms with Crippen molar-refractivity contribution in [2.75, 3.05) is 0 Å². The Balaban J connectivity index is 1.66. The summed E-state index contributed by atoms with van der Waals surface area (Å²) in [7, 11) is 0. The van der Waals surface area contributed by atoms with Crippen LogP contribution in [0.1, 0.15) is 41.9 Å². The van der Waals surface area contributed by atoms with E-state index in [0.29, 0.717) is 25.1 Å². The molecule has 4 N–H and O–H groups in total. The van der Waals surface area contributed by atoms with Gasteiger partial charge in [0.1, 0.15) is 18.1 Å². The van der Waals surface area contributed by atoms with Crippen molar-refractivity contribution in [1.29, 1.82) is 0 Å². The van der Waals surface area contributed by atoms with Crippen molar-refractivity contribution < 1.29 is 14.3 Å². The number of rotatable bonds is 11. The SMILES string of the molecule is CC(C)CC(N)C(=O)NC(Cc1ccc(OCc2ccccc2)cc1)C(=O)c1ccn[nH]1. The second-order valence-corrected chi connectivity index (χ2v) is 8.25. The first-order valence-corrected chi connectivity index (χ1v) is 10.8. The molecule has 1 aromatic heterocycles. The summed E-state index contributed by atoms with van der Waals surface area (Å²) >= 11 is 0. The van der Waals surface area contributed by atoms with Crippen molar-refractivity contribution in [2.45, 2.75) is 45.4 Å². The third-order valence-corrected chi connectivity index (χ3v) is 5.07. The van der Waals surface area contributed by atoms with Gasteiger partial charge in [-0.3, -0.25) is 14.7 Å². The molecule has 0 saturated carbocycles. The molecule has 2 unspecified atom stereocenters. The lowest BCUT2D eigenvalue weighted by atomic mass is 9.98. The molecule has 0 aliphatic carbocycles. The van der Waals surface area contributed by atoms with Gasteiger partial charge in [-0.2, -0.15) is 5.10 Å². The fraction of sp³-hybridized carbons (Fsp3) is 0.320. The van der Waals surface area contributed by atoms with Gasteiger partial charge in [0.2, 0.25) is 11.7 Å². The summed E-state index contributed by atoms with van der Waals surface area (Å²) in [6, 6.07) is 17.6. The summed E-state index contributed by atoms with van der Waals surface area (Å²) in [6.07, 6.45) is 2.39. The van der Waals surface area contributed by atoms with E-state index in [0.717, 1.165) is 16.9 Å². The highest BCUT2D eigenvalue weighted by atomic mass is 16.5. The van der Waals surface area contributed by atoms with Crippen LogP contribution >= 0.6 is 0 Å². The van der Waals surface area contributed by atoms with E-state index in [4.69, 9.17) is 10.5 Å². The second-order valence-electron chi connectivity index (χ2n) is 8.25. The number of H-pyrrole nitrogens is 1. The topological polar surface area (TPSA) is 110 Å². The third kappa shape index (κ3) is 6.78. The Kier molecular flexibility index (Phi) is 8.16. The number of carbonyl (C=O) groups is 2. The highest BCUT2D eigenvalue weighted by Gasteiger charge is 2.26. The number of nitrogens with zero attached hydrogens (tertiary/aromatic N) is 1. The van der Waals surface area contributed by atoms with Crippen LogP contribution < -0.4 is 15.8 Å². The number of carbonyl (C=O) groups excluding carboxylic acids is 2. The number of ketones is 1. The van der Waals surface area contributed by atoms with Gasteiger partial charge in [0.15, 0.2) is 0 Å². The molecule has 3 aromatic rings. The molecular formula is C25H30N4O3. The number of nitrogens with one attached hydrogen (secondary N) is 2. The van der Waals surface area contributed by atoms with E-state index in [1.165, 1.54) is 6.20 Å². The zero-order chi connectivity index (χ0) is 22.9. The maximum absolute atomic E-state index is 13.0. The fourth-order valence-corrected chi connectivity index (χ4v) is 3.38.